The Hall–Kier alpha value is -1.90. The van der Waals surface area contributed by atoms with Crippen LogP contribution in [0.4, 0.5) is 0 Å². The molecule has 228 valence electrons. The van der Waals surface area contributed by atoms with Crippen molar-refractivity contribution in [3.63, 3.8) is 0 Å². The Morgan fingerprint density at radius 1 is 0.579 bits per heavy atom. The Bertz CT molecular complexity index is 561. The Labute approximate surface area is 226 Å². The van der Waals surface area contributed by atoms with E-state index in [0.29, 0.717) is 24.8 Å². The molecule has 0 aliphatic carbocycles. The maximum Gasteiger partial charge on any atom is 0.333 e. The van der Waals surface area contributed by atoms with Gasteiger partial charge in [0.05, 0.1) is 58.3 Å². The number of esters is 1. The molecule has 0 atom stereocenters. The maximum atomic E-state index is 11.1. The average Bonchev–Trinajstić information content (AvgIpc) is 2.94. The maximum absolute atomic E-state index is 11.1. The van der Waals surface area contributed by atoms with Gasteiger partial charge in [-0.2, -0.15) is 0 Å². The topological polar surface area (TPSA) is 225 Å². The van der Waals surface area contributed by atoms with Crippen molar-refractivity contribution in [1.82, 2.24) is 0 Å². The van der Waals surface area contributed by atoms with Crippen LogP contribution in [0.5, 0.6) is 0 Å². The fourth-order valence-electron chi connectivity index (χ4n) is 1.78. The highest BCUT2D eigenvalue weighted by Crippen LogP contribution is 2.21. The van der Waals surface area contributed by atoms with Crippen LogP contribution in [0.1, 0.15) is 53.9 Å². The molecule has 0 rings (SSSR count). The molecule has 12 heteroatoms. The molecular formula is C26H52O12. The zero-order chi connectivity index (χ0) is 31.0. The van der Waals surface area contributed by atoms with E-state index in [9.17, 15) is 9.59 Å². The summed E-state index contributed by atoms with van der Waals surface area (Å²) in [5.41, 5.74) is -1.58. The summed E-state index contributed by atoms with van der Waals surface area (Å²) < 4.78 is 4.88. The molecule has 0 bridgehead atoms. The lowest BCUT2D eigenvalue weighted by Gasteiger charge is -2.27. The van der Waals surface area contributed by atoms with Crippen molar-refractivity contribution in [3.8, 4) is 0 Å². The first-order valence-corrected chi connectivity index (χ1v) is 12.2. The van der Waals surface area contributed by atoms with Crippen molar-refractivity contribution in [3.05, 3.63) is 24.3 Å². The predicted molar refractivity (Wildman–Crippen MR) is 143 cm³/mol. The van der Waals surface area contributed by atoms with Crippen LogP contribution in [0.3, 0.4) is 0 Å². The molecule has 0 spiro atoms. The third kappa shape index (κ3) is 18.4. The van der Waals surface area contributed by atoms with Crippen LogP contribution in [-0.2, 0) is 14.3 Å². The number of carbonyl (C=O) groups excluding carboxylic acids is 1. The van der Waals surface area contributed by atoms with Crippen LogP contribution < -0.4 is 0 Å². The lowest BCUT2D eigenvalue weighted by Crippen LogP contribution is -2.35. The smallest absolute Gasteiger partial charge is 0.333 e. The summed E-state index contributed by atoms with van der Waals surface area (Å²) in [4.78, 5) is 20.7. The summed E-state index contributed by atoms with van der Waals surface area (Å²) in [6, 6.07) is 0. The van der Waals surface area contributed by atoms with E-state index in [1.807, 2.05) is 20.8 Å². The van der Waals surface area contributed by atoms with E-state index >= 15 is 0 Å². The van der Waals surface area contributed by atoms with Crippen LogP contribution in [0.25, 0.3) is 0 Å². The van der Waals surface area contributed by atoms with Gasteiger partial charge >= 0.3 is 11.9 Å². The highest BCUT2D eigenvalue weighted by atomic mass is 16.5. The minimum absolute atomic E-state index is 0.0161. The van der Waals surface area contributed by atoms with Gasteiger partial charge in [0.1, 0.15) is 6.61 Å². The van der Waals surface area contributed by atoms with Gasteiger partial charge in [-0.15, -0.1) is 0 Å². The SMILES string of the molecule is C=C(C)C(=O)O.C=C(C)C(=O)OCC(CC)(CO)CO.CCC(CO)(CO)CO.CCC(CO)(CO)CO. The fourth-order valence-corrected chi connectivity index (χ4v) is 1.78. The van der Waals surface area contributed by atoms with Crippen LogP contribution >= 0.6 is 0 Å². The van der Waals surface area contributed by atoms with E-state index in [1.165, 1.54) is 6.92 Å². The van der Waals surface area contributed by atoms with Crippen molar-refractivity contribution in [1.29, 1.82) is 0 Å². The van der Waals surface area contributed by atoms with Gasteiger partial charge in [-0.05, 0) is 33.1 Å². The van der Waals surface area contributed by atoms with Crippen molar-refractivity contribution in [2.24, 2.45) is 16.2 Å². The monoisotopic (exact) mass is 556 g/mol. The number of carboxylic acid groups (broad SMARTS) is 1. The first kappa shape index (κ1) is 43.2. The number of aliphatic hydroxyl groups excluding tert-OH is 8. The molecule has 0 aliphatic heterocycles. The molecule has 0 aromatic carbocycles. The second kappa shape index (κ2) is 24.2. The summed E-state index contributed by atoms with van der Waals surface area (Å²) in [7, 11) is 0. The highest BCUT2D eigenvalue weighted by Gasteiger charge is 2.29. The van der Waals surface area contributed by atoms with Crippen LogP contribution in [-0.4, -0.2) is 117 Å². The molecular weight excluding hydrogens is 504 g/mol. The third-order valence-electron chi connectivity index (χ3n) is 6.16. The second-order valence-corrected chi connectivity index (χ2v) is 9.27. The van der Waals surface area contributed by atoms with Gasteiger partial charge in [-0.25, -0.2) is 9.59 Å². The van der Waals surface area contributed by atoms with E-state index in [-0.39, 0.29) is 65.0 Å². The predicted octanol–water partition coefficient (Wildman–Crippen LogP) is -0.147. The summed E-state index contributed by atoms with van der Waals surface area (Å²) in [5.74, 6) is -1.43. The van der Waals surface area contributed by atoms with E-state index < -0.39 is 28.2 Å². The molecule has 0 aromatic heterocycles. The molecule has 0 saturated heterocycles. The first-order valence-electron chi connectivity index (χ1n) is 12.2. The summed E-state index contributed by atoms with van der Waals surface area (Å²) in [5, 5.41) is 77.9. The Morgan fingerprint density at radius 3 is 0.921 bits per heavy atom. The number of hydrogen-bond donors (Lipinski definition) is 9. The number of ether oxygens (including phenoxy) is 1. The Balaban J connectivity index is -0.000000212. The van der Waals surface area contributed by atoms with Crippen LogP contribution in [0.15, 0.2) is 24.3 Å². The number of rotatable bonds is 15. The zero-order valence-corrected chi connectivity index (χ0v) is 23.6. The minimum atomic E-state index is -0.935. The number of aliphatic carboxylic acids is 1. The molecule has 0 radical (unpaired) electrons. The van der Waals surface area contributed by atoms with E-state index in [1.54, 1.807) is 6.92 Å². The van der Waals surface area contributed by atoms with Gasteiger partial charge < -0.3 is 50.7 Å². The minimum Gasteiger partial charge on any atom is -0.478 e. The van der Waals surface area contributed by atoms with Crippen LogP contribution in [0.2, 0.25) is 0 Å². The number of hydrogen-bond acceptors (Lipinski definition) is 11. The van der Waals surface area contributed by atoms with Gasteiger partial charge in [0.15, 0.2) is 0 Å². The number of aliphatic hydroxyl groups is 8. The fraction of sp³-hybridized carbons (Fsp3) is 0.769. The molecule has 12 nitrogen and oxygen atoms in total. The van der Waals surface area contributed by atoms with Crippen molar-refractivity contribution in [2.75, 3.05) is 59.5 Å². The van der Waals surface area contributed by atoms with Gasteiger partial charge in [0, 0.05) is 22.0 Å². The molecule has 0 amide bonds. The van der Waals surface area contributed by atoms with Gasteiger partial charge in [-0.1, -0.05) is 33.9 Å². The molecule has 0 heterocycles. The lowest BCUT2D eigenvalue weighted by atomic mass is 9.88. The summed E-state index contributed by atoms with van der Waals surface area (Å²) in [6.07, 6.45) is 1.73. The molecule has 38 heavy (non-hydrogen) atoms. The Morgan fingerprint density at radius 2 is 0.816 bits per heavy atom. The van der Waals surface area contributed by atoms with E-state index in [2.05, 4.69) is 13.2 Å². The average molecular weight is 557 g/mol. The number of carbonyl (C=O) groups is 2. The van der Waals surface area contributed by atoms with Gasteiger partial charge in [-0.3, -0.25) is 0 Å². The largest absolute Gasteiger partial charge is 0.478 e. The molecule has 9 N–H and O–H groups in total. The van der Waals surface area contributed by atoms with Crippen molar-refractivity contribution >= 4 is 11.9 Å². The van der Waals surface area contributed by atoms with E-state index in [4.69, 9.17) is 50.7 Å². The molecule has 0 saturated carbocycles. The Kier molecular flexibility index (Phi) is 27.4. The highest BCUT2D eigenvalue weighted by molar-refractivity contribution is 5.87. The number of carboxylic acids is 1. The molecule has 0 aliphatic rings. The zero-order valence-electron chi connectivity index (χ0n) is 23.6. The first-order chi connectivity index (χ1) is 17.6. The lowest BCUT2D eigenvalue weighted by molar-refractivity contribution is -0.145. The standard InChI is InChI=1S/C10H18O4.2C6H14O3.C4H6O2/c1-4-10(5-11,6-12)7-14-9(13)8(2)3;2*1-2-6(3-7,4-8)5-9;1-3(2)4(5)6/h11-12H,2,4-7H2,1,3H3;2*7-9H,2-5H2,1H3;1H2,2H3,(H,5,6). The molecule has 0 unspecified atom stereocenters. The summed E-state index contributed by atoms with van der Waals surface area (Å²) >= 11 is 0. The van der Waals surface area contributed by atoms with Gasteiger partial charge in [0.25, 0.3) is 0 Å². The summed E-state index contributed by atoms with van der Waals surface area (Å²) in [6.45, 7) is 13.7. The van der Waals surface area contributed by atoms with Crippen LogP contribution in [0, 0.1) is 16.2 Å². The van der Waals surface area contributed by atoms with Gasteiger partial charge in [0.2, 0.25) is 0 Å². The van der Waals surface area contributed by atoms with Crippen molar-refractivity contribution < 1.29 is 60.3 Å². The normalized spacial score (nSPS) is 11.0. The van der Waals surface area contributed by atoms with E-state index in [0.717, 1.165) is 0 Å². The third-order valence-corrected chi connectivity index (χ3v) is 6.16. The molecule has 0 fully saturated rings. The second-order valence-electron chi connectivity index (χ2n) is 9.27. The quantitative estimate of drug-likeness (QED) is 0.0948. The molecule has 0 aromatic rings. The van der Waals surface area contributed by atoms with Crippen molar-refractivity contribution in [2.45, 2.75) is 53.9 Å².